The van der Waals surface area contributed by atoms with E-state index in [4.69, 9.17) is 9.26 Å². The summed E-state index contributed by atoms with van der Waals surface area (Å²) in [6.45, 7) is 3.37. The van der Waals surface area contributed by atoms with Crippen LogP contribution < -0.4 is 16.0 Å². The number of carbonyl (C=O) groups excluding carboxylic acids is 3. The molecule has 0 radical (unpaired) electrons. The summed E-state index contributed by atoms with van der Waals surface area (Å²) in [6, 6.07) is 10.4. The van der Waals surface area contributed by atoms with Crippen molar-refractivity contribution >= 4 is 23.7 Å². The molecule has 0 fully saturated rings. The predicted molar refractivity (Wildman–Crippen MR) is 96.7 cm³/mol. The lowest BCUT2D eigenvalue weighted by molar-refractivity contribution is -0.153. The number of aromatic nitrogens is 1. The van der Waals surface area contributed by atoms with E-state index in [1.807, 2.05) is 30.3 Å². The fraction of sp³-hybridized carbons (Fsp3) is 0.333. The number of hydrogen-bond donors (Lipinski definition) is 3. The summed E-state index contributed by atoms with van der Waals surface area (Å²) >= 11 is 0. The average molecular weight is 374 g/mol. The Hall–Kier alpha value is -3.36. The molecular weight excluding hydrogens is 352 g/mol. The van der Waals surface area contributed by atoms with Crippen LogP contribution in [0.1, 0.15) is 24.7 Å². The zero-order chi connectivity index (χ0) is 19.6. The largest absolute Gasteiger partial charge is 0.451 e. The van der Waals surface area contributed by atoms with E-state index in [0.29, 0.717) is 12.3 Å². The number of aryl methyl sites for hydroxylation is 1. The Labute approximate surface area is 156 Å². The van der Waals surface area contributed by atoms with Gasteiger partial charge in [-0.2, -0.15) is 0 Å². The normalized spacial score (nSPS) is 11.3. The number of benzene rings is 1. The summed E-state index contributed by atoms with van der Waals surface area (Å²) in [5.41, 5.74) is 0.932. The van der Waals surface area contributed by atoms with Gasteiger partial charge >= 0.3 is 12.0 Å². The number of nitrogens with zero attached hydrogens (tertiary/aromatic N) is 1. The van der Waals surface area contributed by atoms with Crippen molar-refractivity contribution in [3.8, 4) is 0 Å². The van der Waals surface area contributed by atoms with Gasteiger partial charge in [0, 0.05) is 12.6 Å². The van der Waals surface area contributed by atoms with Crippen molar-refractivity contribution in [3.05, 3.63) is 47.7 Å². The molecule has 0 saturated heterocycles. The van der Waals surface area contributed by atoms with Gasteiger partial charge in [-0.15, -0.1) is 0 Å². The first-order valence-electron chi connectivity index (χ1n) is 8.47. The van der Waals surface area contributed by atoms with Gasteiger partial charge in [0.25, 0.3) is 5.91 Å². The molecule has 1 aromatic carbocycles. The maximum atomic E-state index is 12.1. The van der Waals surface area contributed by atoms with Crippen LogP contribution in [0, 0.1) is 6.92 Å². The monoisotopic (exact) mass is 374 g/mol. The van der Waals surface area contributed by atoms with Crippen LogP contribution in [0.2, 0.25) is 0 Å². The molecule has 3 N–H and O–H groups in total. The fourth-order valence-electron chi connectivity index (χ4n) is 2.15. The molecule has 27 heavy (non-hydrogen) atoms. The second-order valence-electron chi connectivity index (χ2n) is 5.72. The SMILES string of the molecule is CC[C@@H](OC(=O)CNC(=O)NCc1ccccc1)C(=O)Nc1cc(C)on1. The molecule has 2 aromatic rings. The number of nitrogens with one attached hydrogen (secondary N) is 3. The molecule has 1 atom stereocenters. The van der Waals surface area contributed by atoms with Crippen LogP contribution in [-0.4, -0.2) is 35.7 Å². The lowest BCUT2D eigenvalue weighted by atomic mass is 10.2. The molecule has 144 valence electrons. The van der Waals surface area contributed by atoms with E-state index in [1.165, 1.54) is 0 Å². The van der Waals surface area contributed by atoms with Crippen LogP contribution >= 0.6 is 0 Å². The van der Waals surface area contributed by atoms with Gasteiger partial charge in [-0.05, 0) is 18.9 Å². The summed E-state index contributed by atoms with van der Waals surface area (Å²) < 4.78 is 9.95. The van der Waals surface area contributed by atoms with Gasteiger partial charge in [0.1, 0.15) is 12.3 Å². The van der Waals surface area contributed by atoms with Crippen molar-refractivity contribution in [2.24, 2.45) is 0 Å². The van der Waals surface area contributed by atoms with Crippen molar-refractivity contribution in [1.29, 1.82) is 0 Å². The first-order valence-corrected chi connectivity index (χ1v) is 8.47. The third kappa shape index (κ3) is 6.81. The summed E-state index contributed by atoms with van der Waals surface area (Å²) in [7, 11) is 0. The quantitative estimate of drug-likeness (QED) is 0.605. The third-order valence-electron chi connectivity index (χ3n) is 3.51. The Morgan fingerprint density at radius 3 is 2.56 bits per heavy atom. The molecule has 0 spiro atoms. The van der Waals surface area contributed by atoms with E-state index in [0.717, 1.165) is 5.56 Å². The van der Waals surface area contributed by atoms with Crippen molar-refractivity contribution in [3.63, 3.8) is 0 Å². The van der Waals surface area contributed by atoms with Gasteiger partial charge in [-0.3, -0.25) is 9.59 Å². The van der Waals surface area contributed by atoms with Crippen LogP contribution in [0.4, 0.5) is 10.6 Å². The van der Waals surface area contributed by atoms with Crippen molar-refractivity contribution in [2.45, 2.75) is 32.9 Å². The highest BCUT2D eigenvalue weighted by Gasteiger charge is 2.22. The minimum Gasteiger partial charge on any atom is -0.451 e. The van der Waals surface area contributed by atoms with Crippen molar-refractivity contribution in [1.82, 2.24) is 15.8 Å². The van der Waals surface area contributed by atoms with E-state index in [1.54, 1.807) is 19.9 Å². The molecule has 0 aliphatic heterocycles. The highest BCUT2D eigenvalue weighted by molar-refractivity contribution is 5.94. The van der Waals surface area contributed by atoms with Gasteiger partial charge in [0.2, 0.25) is 0 Å². The van der Waals surface area contributed by atoms with E-state index < -0.39 is 24.0 Å². The zero-order valence-corrected chi connectivity index (χ0v) is 15.2. The minimum absolute atomic E-state index is 0.241. The third-order valence-corrected chi connectivity index (χ3v) is 3.51. The lowest BCUT2D eigenvalue weighted by Gasteiger charge is -2.15. The first-order chi connectivity index (χ1) is 13.0. The highest BCUT2D eigenvalue weighted by Crippen LogP contribution is 2.09. The zero-order valence-electron chi connectivity index (χ0n) is 15.2. The molecule has 1 heterocycles. The molecule has 2 rings (SSSR count). The van der Waals surface area contributed by atoms with Crippen LogP contribution in [0.15, 0.2) is 40.9 Å². The molecule has 3 amide bonds. The Morgan fingerprint density at radius 1 is 1.19 bits per heavy atom. The number of rotatable bonds is 8. The minimum atomic E-state index is -0.997. The predicted octanol–water partition coefficient (Wildman–Crippen LogP) is 1.74. The van der Waals surface area contributed by atoms with Gasteiger partial charge < -0.3 is 25.2 Å². The number of ether oxygens (including phenoxy) is 1. The molecule has 0 aliphatic rings. The van der Waals surface area contributed by atoms with Gasteiger partial charge in [-0.25, -0.2) is 4.79 Å². The second kappa shape index (κ2) is 9.95. The van der Waals surface area contributed by atoms with Crippen LogP contribution in [-0.2, 0) is 20.9 Å². The smallest absolute Gasteiger partial charge is 0.326 e. The Morgan fingerprint density at radius 2 is 1.93 bits per heavy atom. The number of anilines is 1. The molecule has 9 nitrogen and oxygen atoms in total. The van der Waals surface area contributed by atoms with Crippen LogP contribution in [0.5, 0.6) is 0 Å². The standard InChI is InChI=1S/C18H22N4O5/c1-3-14(17(24)21-15-9-12(2)27-22-15)26-16(23)11-20-18(25)19-10-13-7-5-4-6-8-13/h4-9,14H,3,10-11H2,1-2H3,(H2,19,20,25)(H,21,22,24)/t14-/m1/s1. The number of esters is 1. The Bertz CT molecular complexity index is 775. The second-order valence-corrected chi connectivity index (χ2v) is 5.72. The van der Waals surface area contributed by atoms with E-state index >= 15 is 0 Å². The Kier molecular flexibility index (Phi) is 7.36. The molecule has 0 bridgehead atoms. The molecule has 9 heteroatoms. The summed E-state index contributed by atoms with van der Waals surface area (Å²) in [5, 5.41) is 11.2. The molecule has 0 saturated carbocycles. The van der Waals surface area contributed by atoms with Crippen LogP contribution in [0.3, 0.4) is 0 Å². The summed E-state index contributed by atoms with van der Waals surface area (Å²) in [5.74, 6) is -0.456. The number of amides is 3. The van der Waals surface area contributed by atoms with Gasteiger partial charge in [0.05, 0.1) is 0 Å². The van der Waals surface area contributed by atoms with E-state index in [-0.39, 0.29) is 18.8 Å². The maximum absolute atomic E-state index is 12.1. The fourth-order valence-corrected chi connectivity index (χ4v) is 2.15. The molecule has 0 unspecified atom stereocenters. The Balaban J connectivity index is 1.72. The topological polar surface area (TPSA) is 123 Å². The summed E-state index contributed by atoms with van der Waals surface area (Å²) in [4.78, 5) is 35.7. The lowest BCUT2D eigenvalue weighted by Crippen LogP contribution is -2.40. The highest BCUT2D eigenvalue weighted by atomic mass is 16.5. The average Bonchev–Trinajstić information content (AvgIpc) is 3.08. The molecule has 0 aliphatic carbocycles. The van der Waals surface area contributed by atoms with Gasteiger partial charge in [-0.1, -0.05) is 42.4 Å². The first kappa shape index (κ1) is 20.0. The van der Waals surface area contributed by atoms with Crippen molar-refractivity contribution in [2.75, 3.05) is 11.9 Å². The van der Waals surface area contributed by atoms with E-state index in [9.17, 15) is 14.4 Å². The van der Waals surface area contributed by atoms with Gasteiger partial charge in [0.15, 0.2) is 11.9 Å². The van der Waals surface area contributed by atoms with Crippen molar-refractivity contribution < 1.29 is 23.6 Å². The summed E-state index contributed by atoms with van der Waals surface area (Å²) in [6.07, 6.45) is -0.724. The number of urea groups is 1. The molecule has 1 aromatic heterocycles. The maximum Gasteiger partial charge on any atom is 0.326 e. The van der Waals surface area contributed by atoms with Crippen LogP contribution in [0.25, 0.3) is 0 Å². The van der Waals surface area contributed by atoms with E-state index in [2.05, 4.69) is 21.1 Å². The number of hydrogen-bond acceptors (Lipinski definition) is 6. The molecular formula is C18H22N4O5. The number of carbonyl (C=O) groups is 3.